The van der Waals surface area contributed by atoms with E-state index in [9.17, 15) is 4.79 Å². The standard InChI is InChI=1S/C24H27ClN4O2S/c1-17-7-9-18(10-8-17)23(30)19-11-13-28(14-12-19)16-29-24(32)27(2)22(26-29)15-31-21-6-4-3-5-20(21)25/h3-10,19H,11-16H2,1-2H3. The van der Waals surface area contributed by atoms with Crippen molar-refractivity contribution in [2.75, 3.05) is 13.1 Å². The summed E-state index contributed by atoms with van der Waals surface area (Å²) < 4.78 is 10.1. The highest BCUT2D eigenvalue weighted by molar-refractivity contribution is 7.71. The molecule has 2 heterocycles. The number of hydrogen-bond donors (Lipinski definition) is 0. The van der Waals surface area contributed by atoms with E-state index in [4.69, 9.17) is 28.6 Å². The Morgan fingerprint density at radius 3 is 2.53 bits per heavy atom. The second kappa shape index (κ2) is 9.98. The van der Waals surface area contributed by atoms with Crippen molar-refractivity contribution >= 4 is 29.6 Å². The summed E-state index contributed by atoms with van der Waals surface area (Å²) in [4.78, 5) is 15.1. The summed E-state index contributed by atoms with van der Waals surface area (Å²) in [7, 11) is 1.89. The molecule has 4 rings (SSSR count). The molecule has 3 aromatic rings. The fourth-order valence-corrected chi connectivity index (χ4v) is 4.33. The lowest BCUT2D eigenvalue weighted by molar-refractivity contribution is 0.0803. The van der Waals surface area contributed by atoms with E-state index in [1.165, 1.54) is 5.56 Å². The number of aryl methyl sites for hydroxylation is 1. The van der Waals surface area contributed by atoms with Gasteiger partial charge in [-0.15, -0.1) is 0 Å². The van der Waals surface area contributed by atoms with Gasteiger partial charge in [0.2, 0.25) is 0 Å². The normalized spacial score (nSPS) is 15.1. The Morgan fingerprint density at radius 1 is 1.16 bits per heavy atom. The minimum Gasteiger partial charge on any atom is -0.484 e. The van der Waals surface area contributed by atoms with E-state index in [1.54, 1.807) is 6.07 Å². The highest BCUT2D eigenvalue weighted by Gasteiger charge is 2.26. The molecule has 1 fully saturated rings. The van der Waals surface area contributed by atoms with Crippen LogP contribution in [-0.2, 0) is 20.3 Å². The van der Waals surface area contributed by atoms with E-state index in [-0.39, 0.29) is 18.3 Å². The molecule has 0 bridgehead atoms. The number of rotatable bonds is 7. The largest absolute Gasteiger partial charge is 0.484 e. The van der Waals surface area contributed by atoms with Gasteiger partial charge in [-0.05, 0) is 44.1 Å². The van der Waals surface area contributed by atoms with Crippen LogP contribution in [0.25, 0.3) is 0 Å². The molecule has 0 radical (unpaired) electrons. The van der Waals surface area contributed by atoms with Gasteiger partial charge in [0, 0.05) is 31.6 Å². The van der Waals surface area contributed by atoms with Crippen molar-refractivity contribution < 1.29 is 9.53 Å². The lowest BCUT2D eigenvalue weighted by Crippen LogP contribution is -2.37. The smallest absolute Gasteiger partial charge is 0.198 e. The van der Waals surface area contributed by atoms with Gasteiger partial charge < -0.3 is 9.30 Å². The molecule has 1 aliphatic rings. The number of likely N-dealkylation sites (tertiary alicyclic amines) is 1. The number of para-hydroxylation sites is 1. The third-order valence-electron chi connectivity index (χ3n) is 5.95. The molecule has 0 amide bonds. The van der Waals surface area contributed by atoms with Crippen LogP contribution in [0.15, 0.2) is 48.5 Å². The summed E-state index contributed by atoms with van der Waals surface area (Å²) in [6.45, 7) is 4.59. The van der Waals surface area contributed by atoms with Gasteiger partial charge in [0.1, 0.15) is 12.4 Å². The van der Waals surface area contributed by atoms with E-state index in [2.05, 4.69) is 10.00 Å². The number of hydrogen-bond acceptors (Lipinski definition) is 5. The quantitative estimate of drug-likeness (QED) is 0.357. The van der Waals surface area contributed by atoms with Crippen LogP contribution in [0, 0.1) is 17.6 Å². The minimum atomic E-state index is 0.0743. The number of ketones is 1. The van der Waals surface area contributed by atoms with Crippen LogP contribution in [0.3, 0.4) is 0 Å². The first kappa shape index (κ1) is 22.7. The molecule has 0 unspecified atom stereocenters. The first-order chi connectivity index (χ1) is 15.4. The van der Waals surface area contributed by atoms with Gasteiger partial charge in [-0.2, -0.15) is 5.10 Å². The molecule has 0 atom stereocenters. The molecule has 0 N–H and O–H groups in total. The van der Waals surface area contributed by atoms with E-state index in [0.29, 0.717) is 22.2 Å². The summed E-state index contributed by atoms with van der Waals surface area (Å²) in [5, 5.41) is 5.22. The molecule has 1 saturated heterocycles. The number of aromatic nitrogens is 3. The van der Waals surface area contributed by atoms with Crippen LogP contribution in [0.4, 0.5) is 0 Å². The van der Waals surface area contributed by atoms with Crippen molar-refractivity contribution in [2.45, 2.75) is 33.0 Å². The third kappa shape index (κ3) is 5.11. The molecular weight excluding hydrogens is 444 g/mol. The fraction of sp³-hybridized carbons (Fsp3) is 0.375. The van der Waals surface area contributed by atoms with Crippen molar-refractivity contribution in [2.24, 2.45) is 13.0 Å². The molecule has 1 aromatic heterocycles. The Bertz CT molecular complexity index is 1150. The van der Waals surface area contributed by atoms with Crippen LogP contribution in [0.5, 0.6) is 5.75 Å². The maximum atomic E-state index is 12.8. The predicted octanol–water partition coefficient (Wildman–Crippen LogP) is 5.04. The first-order valence-corrected chi connectivity index (χ1v) is 11.5. The Balaban J connectivity index is 1.34. The summed E-state index contributed by atoms with van der Waals surface area (Å²) in [5.74, 6) is 1.68. The van der Waals surface area contributed by atoms with Crippen LogP contribution in [-0.4, -0.2) is 38.1 Å². The van der Waals surface area contributed by atoms with E-state index in [0.717, 1.165) is 37.3 Å². The summed E-state index contributed by atoms with van der Waals surface area (Å²) >= 11 is 11.7. The Hall–Kier alpha value is -2.48. The molecule has 1 aliphatic heterocycles. The molecule has 168 valence electrons. The first-order valence-electron chi connectivity index (χ1n) is 10.8. The van der Waals surface area contributed by atoms with Gasteiger partial charge in [-0.1, -0.05) is 53.6 Å². The second-order valence-electron chi connectivity index (χ2n) is 8.24. The SMILES string of the molecule is Cc1ccc(C(=O)C2CCN(Cn3nc(COc4ccccc4Cl)n(C)c3=S)CC2)cc1. The molecule has 0 saturated carbocycles. The van der Waals surface area contributed by atoms with Gasteiger partial charge in [0.25, 0.3) is 0 Å². The summed E-state index contributed by atoms with van der Waals surface area (Å²) in [6.07, 6.45) is 1.69. The number of carbonyl (C=O) groups excluding carboxylic acids is 1. The predicted molar refractivity (Wildman–Crippen MR) is 128 cm³/mol. The maximum absolute atomic E-state index is 12.8. The Kier molecular flexibility index (Phi) is 7.08. The number of nitrogens with zero attached hydrogens (tertiary/aromatic N) is 4. The summed E-state index contributed by atoms with van der Waals surface area (Å²) in [6, 6.07) is 15.2. The van der Waals surface area contributed by atoms with Crippen molar-refractivity contribution in [1.29, 1.82) is 0 Å². The van der Waals surface area contributed by atoms with Crippen molar-refractivity contribution in [3.8, 4) is 5.75 Å². The van der Waals surface area contributed by atoms with Crippen LogP contribution >= 0.6 is 23.8 Å². The zero-order valence-electron chi connectivity index (χ0n) is 18.3. The number of Topliss-reactive ketones (excluding diaryl/α,β-unsaturated/α-hetero) is 1. The van der Waals surface area contributed by atoms with Gasteiger partial charge >= 0.3 is 0 Å². The van der Waals surface area contributed by atoms with Crippen LogP contribution in [0.2, 0.25) is 5.02 Å². The number of halogens is 1. The van der Waals surface area contributed by atoms with Gasteiger partial charge in [-0.3, -0.25) is 9.69 Å². The van der Waals surface area contributed by atoms with Gasteiger partial charge in [0.15, 0.2) is 16.4 Å². The highest BCUT2D eigenvalue weighted by Crippen LogP contribution is 2.24. The van der Waals surface area contributed by atoms with E-state index >= 15 is 0 Å². The monoisotopic (exact) mass is 470 g/mol. The number of carbonyl (C=O) groups is 1. The molecule has 0 spiro atoms. The highest BCUT2D eigenvalue weighted by atomic mass is 35.5. The van der Waals surface area contributed by atoms with Crippen LogP contribution < -0.4 is 4.74 Å². The Labute approximate surface area is 198 Å². The average Bonchev–Trinajstić information content (AvgIpc) is 3.07. The van der Waals surface area contributed by atoms with Crippen molar-refractivity contribution in [3.05, 3.63) is 75.3 Å². The molecule has 32 heavy (non-hydrogen) atoms. The zero-order chi connectivity index (χ0) is 22.7. The topological polar surface area (TPSA) is 52.3 Å². The second-order valence-corrected chi connectivity index (χ2v) is 9.01. The minimum absolute atomic E-state index is 0.0743. The molecular formula is C24H27ClN4O2S. The van der Waals surface area contributed by atoms with Gasteiger partial charge in [0.05, 0.1) is 11.7 Å². The lowest BCUT2D eigenvalue weighted by atomic mass is 9.89. The molecule has 0 aliphatic carbocycles. The number of piperidine rings is 1. The number of ether oxygens (including phenoxy) is 1. The molecule has 6 nitrogen and oxygen atoms in total. The van der Waals surface area contributed by atoms with Gasteiger partial charge in [-0.25, -0.2) is 4.68 Å². The van der Waals surface area contributed by atoms with E-state index < -0.39 is 0 Å². The average molecular weight is 471 g/mol. The number of benzene rings is 2. The zero-order valence-corrected chi connectivity index (χ0v) is 19.9. The Morgan fingerprint density at radius 2 is 1.84 bits per heavy atom. The maximum Gasteiger partial charge on any atom is 0.198 e. The van der Waals surface area contributed by atoms with Crippen molar-refractivity contribution in [1.82, 2.24) is 19.2 Å². The fourth-order valence-electron chi connectivity index (χ4n) is 3.93. The molecule has 8 heteroatoms. The van der Waals surface area contributed by atoms with E-state index in [1.807, 2.05) is 65.7 Å². The lowest BCUT2D eigenvalue weighted by Gasteiger charge is -2.30. The van der Waals surface area contributed by atoms with Crippen LogP contribution in [0.1, 0.15) is 34.6 Å². The third-order valence-corrected chi connectivity index (χ3v) is 6.75. The molecule has 2 aromatic carbocycles. The van der Waals surface area contributed by atoms with Crippen molar-refractivity contribution in [3.63, 3.8) is 0 Å². The summed E-state index contributed by atoms with van der Waals surface area (Å²) in [5.41, 5.74) is 1.98.